The Hall–Kier alpha value is -1.27. The minimum Gasteiger partial charge on any atom is -0.462 e. The summed E-state index contributed by atoms with van der Waals surface area (Å²) in [5.41, 5.74) is 0. The fraction of sp³-hybridized carbons (Fsp3) is 0.867. The topological polar surface area (TPSA) is 52.6 Å². The third-order valence-corrected chi connectivity index (χ3v) is 4.49. The molecular formula is C15H21F3O4. The quantitative estimate of drug-likeness (QED) is 0.704. The first-order chi connectivity index (χ1) is 10.3. The van der Waals surface area contributed by atoms with E-state index in [0.717, 1.165) is 26.2 Å². The van der Waals surface area contributed by atoms with Gasteiger partial charge in [0.15, 0.2) is 6.10 Å². The Morgan fingerprint density at radius 2 is 1.82 bits per heavy atom. The Labute approximate surface area is 127 Å². The van der Waals surface area contributed by atoms with Gasteiger partial charge in [-0.15, -0.1) is 0 Å². The standard InChI is InChI=1S/C15H21F3O4/c1-9(15(16,17)18)21-13(19)3-2-4-14(20)22-12-8-10-5-6-11(12)7-10/h9-12H,2-8H2,1H3. The van der Waals surface area contributed by atoms with Crippen LogP contribution >= 0.6 is 0 Å². The zero-order valence-corrected chi connectivity index (χ0v) is 12.5. The molecule has 22 heavy (non-hydrogen) atoms. The Morgan fingerprint density at radius 1 is 1.14 bits per heavy atom. The molecule has 2 fully saturated rings. The molecule has 4 atom stereocenters. The van der Waals surface area contributed by atoms with E-state index < -0.39 is 18.2 Å². The third kappa shape index (κ3) is 4.61. The predicted octanol–water partition coefficient (Wildman–Crippen LogP) is 3.38. The molecule has 2 aliphatic rings. The maximum atomic E-state index is 12.2. The van der Waals surface area contributed by atoms with Crippen LogP contribution in [0.2, 0.25) is 0 Å². The van der Waals surface area contributed by atoms with Crippen molar-refractivity contribution in [2.24, 2.45) is 11.8 Å². The summed E-state index contributed by atoms with van der Waals surface area (Å²) in [6.45, 7) is 0.779. The second-order valence-electron chi connectivity index (χ2n) is 6.23. The maximum Gasteiger partial charge on any atom is 0.425 e. The summed E-state index contributed by atoms with van der Waals surface area (Å²) >= 11 is 0. The molecule has 0 saturated heterocycles. The van der Waals surface area contributed by atoms with Crippen molar-refractivity contribution in [2.75, 3.05) is 0 Å². The summed E-state index contributed by atoms with van der Waals surface area (Å²) < 4.78 is 46.3. The van der Waals surface area contributed by atoms with E-state index in [1.807, 2.05) is 0 Å². The number of ether oxygens (including phenoxy) is 2. The molecule has 4 nitrogen and oxygen atoms in total. The van der Waals surface area contributed by atoms with Crippen LogP contribution < -0.4 is 0 Å². The highest BCUT2D eigenvalue weighted by Gasteiger charge is 2.41. The van der Waals surface area contributed by atoms with Gasteiger partial charge in [-0.2, -0.15) is 13.2 Å². The smallest absolute Gasteiger partial charge is 0.425 e. The lowest BCUT2D eigenvalue weighted by molar-refractivity contribution is -0.216. The van der Waals surface area contributed by atoms with Crippen molar-refractivity contribution in [3.05, 3.63) is 0 Å². The van der Waals surface area contributed by atoms with Crippen LogP contribution in [-0.2, 0) is 19.1 Å². The van der Waals surface area contributed by atoms with Crippen LogP contribution in [0.5, 0.6) is 0 Å². The number of hydrogen-bond donors (Lipinski definition) is 0. The number of carbonyl (C=O) groups excluding carboxylic acids is 2. The summed E-state index contributed by atoms with van der Waals surface area (Å²) in [5.74, 6) is -0.194. The van der Waals surface area contributed by atoms with Gasteiger partial charge in [0.25, 0.3) is 0 Å². The van der Waals surface area contributed by atoms with Gasteiger partial charge in [0.1, 0.15) is 6.10 Å². The molecule has 0 spiro atoms. The maximum absolute atomic E-state index is 12.2. The molecule has 2 aliphatic carbocycles. The molecule has 0 aromatic carbocycles. The Morgan fingerprint density at radius 3 is 2.36 bits per heavy atom. The number of esters is 2. The zero-order valence-electron chi connectivity index (χ0n) is 12.5. The second-order valence-corrected chi connectivity index (χ2v) is 6.23. The van der Waals surface area contributed by atoms with E-state index in [9.17, 15) is 22.8 Å². The minimum atomic E-state index is -4.56. The van der Waals surface area contributed by atoms with Gasteiger partial charge in [-0.1, -0.05) is 0 Å². The average molecular weight is 322 g/mol. The van der Waals surface area contributed by atoms with Crippen molar-refractivity contribution in [1.82, 2.24) is 0 Å². The molecule has 0 aliphatic heterocycles. The lowest BCUT2D eigenvalue weighted by Crippen LogP contribution is -2.30. The fourth-order valence-corrected chi connectivity index (χ4v) is 3.26. The lowest BCUT2D eigenvalue weighted by atomic mass is 9.98. The second kappa shape index (κ2) is 6.87. The number of carbonyl (C=O) groups is 2. The molecule has 0 amide bonds. The van der Waals surface area contributed by atoms with Crippen LogP contribution in [-0.4, -0.2) is 30.3 Å². The predicted molar refractivity (Wildman–Crippen MR) is 70.8 cm³/mol. The summed E-state index contributed by atoms with van der Waals surface area (Å²) in [6.07, 6.45) is -2.38. The van der Waals surface area contributed by atoms with Gasteiger partial charge in [0, 0.05) is 12.8 Å². The van der Waals surface area contributed by atoms with E-state index >= 15 is 0 Å². The van der Waals surface area contributed by atoms with Crippen LogP contribution in [0.25, 0.3) is 0 Å². The van der Waals surface area contributed by atoms with E-state index in [1.165, 1.54) is 6.42 Å². The van der Waals surface area contributed by atoms with Crippen LogP contribution in [0.4, 0.5) is 13.2 Å². The Bertz CT molecular complexity index is 422. The monoisotopic (exact) mass is 322 g/mol. The molecular weight excluding hydrogens is 301 g/mol. The van der Waals surface area contributed by atoms with Crippen LogP contribution in [0.15, 0.2) is 0 Å². The normalized spacial score (nSPS) is 28.5. The lowest BCUT2D eigenvalue weighted by Gasteiger charge is -2.21. The summed E-state index contributed by atoms with van der Waals surface area (Å²) in [6, 6.07) is 0. The molecule has 0 aromatic rings. The van der Waals surface area contributed by atoms with Gasteiger partial charge in [-0.25, -0.2) is 0 Å². The van der Waals surface area contributed by atoms with Crippen molar-refractivity contribution in [3.63, 3.8) is 0 Å². The molecule has 0 N–H and O–H groups in total. The number of rotatable bonds is 6. The highest BCUT2D eigenvalue weighted by molar-refractivity contribution is 5.72. The average Bonchev–Trinajstić information content (AvgIpc) is 2.99. The van der Waals surface area contributed by atoms with E-state index in [2.05, 4.69) is 4.74 Å². The Kier molecular flexibility index (Phi) is 5.34. The number of fused-ring (bicyclic) bond motifs is 2. The largest absolute Gasteiger partial charge is 0.462 e. The third-order valence-electron chi connectivity index (χ3n) is 4.49. The van der Waals surface area contributed by atoms with Gasteiger partial charge in [0.2, 0.25) is 0 Å². The SMILES string of the molecule is CC(OC(=O)CCCC(=O)OC1CC2CCC1C2)C(F)(F)F. The van der Waals surface area contributed by atoms with E-state index in [1.54, 1.807) is 0 Å². The molecule has 0 aromatic heterocycles. The number of alkyl halides is 3. The molecule has 2 saturated carbocycles. The van der Waals surface area contributed by atoms with Crippen molar-refractivity contribution >= 4 is 11.9 Å². The molecule has 0 heterocycles. The van der Waals surface area contributed by atoms with Crippen LogP contribution in [0, 0.1) is 11.8 Å². The highest BCUT2D eigenvalue weighted by Crippen LogP contribution is 2.45. The molecule has 2 rings (SSSR count). The van der Waals surface area contributed by atoms with Gasteiger partial charge in [0.05, 0.1) is 0 Å². The summed E-state index contributed by atoms with van der Waals surface area (Å²) in [4.78, 5) is 22.9. The highest BCUT2D eigenvalue weighted by atomic mass is 19.4. The fourth-order valence-electron chi connectivity index (χ4n) is 3.26. The van der Waals surface area contributed by atoms with Crippen molar-refractivity contribution in [3.8, 4) is 0 Å². The first-order valence-corrected chi connectivity index (χ1v) is 7.71. The molecule has 2 bridgehead atoms. The van der Waals surface area contributed by atoms with Gasteiger partial charge >= 0.3 is 18.1 Å². The number of halogens is 3. The van der Waals surface area contributed by atoms with Gasteiger partial charge < -0.3 is 9.47 Å². The van der Waals surface area contributed by atoms with E-state index in [-0.39, 0.29) is 31.3 Å². The van der Waals surface area contributed by atoms with Crippen molar-refractivity contribution < 1.29 is 32.2 Å². The van der Waals surface area contributed by atoms with Crippen LogP contribution in [0.1, 0.15) is 51.9 Å². The van der Waals surface area contributed by atoms with E-state index in [0.29, 0.717) is 11.8 Å². The summed E-state index contributed by atoms with van der Waals surface area (Å²) in [7, 11) is 0. The number of hydrogen-bond acceptors (Lipinski definition) is 4. The molecule has 0 radical (unpaired) electrons. The minimum absolute atomic E-state index is 0.0107. The first kappa shape index (κ1) is 17.1. The van der Waals surface area contributed by atoms with E-state index in [4.69, 9.17) is 4.74 Å². The Balaban J connectivity index is 1.60. The van der Waals surface area contributed by atoms with Crippen molar-refractivity contribution in [2.45, 2.75) is 70.3 Å². The first-order valence-electron chi connectivity index (χ1n) is 7.71. The molecule has 126 valence electrons. The molecule has 4 unspecified atom stereocenters. The molecule has 7 heteroatoms. The van der Waals surface area contributed by atoms with Gasteiger partial charge in [-0.05, 0) is 50.9 Å². The summed E-state index contributed by atoms with van der Waals surface area (Å²) in [5, 5.41) is 0. The van der Waals surface area contributed by atoms with Crippen LogP contribution in [0.3, 0.4) is 0 Å². The van der Waals surface area contributed by atoms with Crippen molar-refractivity contribution in [1.29, 1.82) is 0 Å². The van der Waals surface area contributed by atoms with Gasteiger partial charge in [-0.3, -0.25) is 9.59 Å². The zero-order chi connectivity index (χ0) is 16.3.